The second kappa shape index (κ2) is 4.40. The van der Waals surface area contributed by atoms with Gasteiger partial charge in [-0.25, -0.2) is 4.98 Å². The van der Waals surface area contributed by atoms with Crippen molar-refractivity contribution in [3.8, 4) is 6.07 Å². The summed E-state index contributed by atoms with van der Waals surface area (Å²) in [5.74, 6) is 0.658. The molecule has 0 radical (unpaired) electrons. The minimum Gasteiger partial charge on any atom is -0.360 e. The van der Waals surface area contributed by atoms with Gasteiger partial charge in [-0.3, -0.25) is 0 Å². The normalized spacial score (nSPS) is 20.0. The number of imidazole rings is 1. The molecule has 1 N–H and O–H groups in total. The standard InChI is InChI=1S/C10H9ClN6O/c11-10-15-8-7(13-5-14-8)9(16-10)17-1-2-18-6(3-12)4-17/h5-6H,1-2,4H2,(H,13,14,15,16). The summed E-state index contributed by atoms with van der Waals surface area (Å²) in [6.45, 7) is 1.59. The van der Waals surface area contributed by atoms with Crippen molar-refractivity contribution in [1.29, 1.82) is 5.26 Å². The lowest BCUT2D eigenvalue weighted by atomic mass is 10.3. The summed E-state index contributed by atoms with van der Waals surface area (Å²) in [5, 5.41) is 9.05. The number of aromatic nitrogens is 4. The molecule has 1 saturated heterocycles. The summed E-state index contributed by atoms with van der Waals surface area (Å²) in [6.07, 6.45) is 1.09. The van der Waals surface area contributed by atoms with E-state index in [9.17, 15) is 0 Å². The molecule has 0 aliphatic carbocycles. The van der Waals surface area contributed by atoms with Crippen molar-refractivity contribution in [1.82, 2.24) is 19.9 Å². The van der Waals surface area contributed by atoms with E-state index in [4.69, 9.17) is 21.6 Å². The van der Waals surface area contributed by atoms with Gasteiger partial charge in [-0.1, -0.05) is 0 Å². The van der Waals surface area contributed by atoms with Gasteiger partial charge in [0.1, 0.15) is 5.52 Å². The number of hydrogen-bond acceptors (Lipinski definition) is 6. The molecule has 3 rings (SSSR count). The summed E-state index contributed by atoms with van der Waals surface area (Å²) in [7, 11) is 0. The number of anilines is 1. The Hall–Kier alpha value is -1.91. The van der Waals surface area contributed by atoms with Gasteiger partial charge in [0.05, 0.1) is 25.5 Å². The zero-order chi connectivity index (χ0) is 12.5. The van der Waals surface area contributed by atoms with E-state index in [1.54, 1.807) is 6.33 Å². The summed E-state index contributed by atoms with van der Waals surface area (Å²) in [4.78, 5) is 17.2. The predicted molar refractivity (Wildman–Crippen MR) is 64.3 cm³/mol. The number of aromatic amines is 1. The number of nitrogens with zero attached hydrogens (tertiary/aromatic N) is 5. The largest absolute Gasteiger partial charge is 0.360 e. The highest BCUT2D eigenvalue weighted by atomic mass is 35.5. The molecule has 0 bridgehead atoms. The number of H-pyrrole nitrogens is 1. The second-order valence-corrected chi connectivity index (χ2v) is 4.19. The Bertz CT molecular complexity index is 620. The molecule has 1 aliphatic rings. The number of fused-ring (bicyclic) bond motifs is 1. The first-order valence-corrected chi connectivity index (χ1v) is 5.78. The van der Waals surface area contributed by atoms with E-state index in [0.717, 1.165) is 5.52 Å². The number of rotatable bonds is 1. The molecule has 2 aromatic heterocycles. The van der Waals surface area contributed by atoms with E-state index in [0.29, 0.717) is 31.2 Å². The maximum absolute atomic E-state index is 8.90. The Morgan fingerprint density at radius 3 is 3.28 bits per heavy atom. The Morgan fingerprint density at radius 1 is 1.56 bits per heavy atom. The van der Waals surface area contributed by atoms with E-state index >= 15 is 0 Å². The first kappa shape index (κ1) is 11.2. The highest BCUT2D eigenvalue weighted by Gasteiger charge is 2.23. The van der Waals surface area contributed by atoms with E-state index < -0.39 is 6.10 Å². The van der Waals surface area contributed by atoms with Crippen molar-refractivity contribution in [2.45, 2.75) is 6.10 Å². The zero-order valence-corrected chi connectivity index (χ0v) is 10.1. The molecule has 7 nitrogen and oxygen atoms in total. The fraction of sp³-hybridized carbons (Fsp3) is 0.400. The fourth-order valence-corrected chi connectivity index (χ4v) is 2.10. The van der Waals surface area contributed by atoms with Gasteiger partial charge in [-0.15, -0.1) is 0 Å². The van der Waals surface area contributed by atoms with Crippen LogP contribution in [0.4, 0.5) is 5.82 Å². The van der Waals surface area contributed by atoms with Crippen LogP contribution in [-0.4, -0.2) is 45.7 Å². The van der Waals surface area contributed by atoms with Crippen LogP contribution in [0.15, 0.2) is 6.33 Å². The molecule has 0 spiro atoms. The van der Waals surface area contributed by atoms with Crippen LogP contribution < -0.4 is 4.90 Å². The summed E-state index contributed by atoms with van der Waals surface area (Å²) < 4.78 is 5.30. The third kappa shape index (κ3) is 1.85. The van der Waals surface area contributed by atoms with Crippen molar-refractivity contribution < 1.29 is 4.74 Å². The molecule has 2 aromatic rings. The molecule has 1 atom stereocenters. The second-order valence-electron chi connectivity index (χ2n) is 3.85. The van der Waals surface area contributed by atoms with Crippen LogP contribution in [0.2, 0.25) is 5.28 Å². The molecule has 1 unspecified atom stereocenters. The lowest BCUT2D eigenvalue weighted by molar-refractivity contribution is 0.0762. The van der Waals surface area contributed by atoms with Crippen LogP contribution in [0.25, 0.3) is 11.2 Å². The van der Waals surface area contributed by atoms with Crippen molar-refractivity contribution in [2.75, 3.05) is 24.6 Å². The Morgan fingerprint density at radius 2 is 2.44 bits per heavy atom. The molecule has 8 heteroatoms. The van der Waals surface area contributed by atoms with Crippen LogP contribution in [-0.2, 0) is 4.74 Å². The molecular formula is C10H9ClN6O. The number of hydrogen-bond donors (Lipinski definition) is 1. The minimum atomic E-state index is -0.453. The third-order valence-electron chi connectivity index (χ3n) is 2.75. The van der Waals surface area contributed by atoms with Gasteiger partial charge in [-0.05, 0) is 11.6 Å². The number of nitriles is 1. The number of ether oxygens (including phenoxy) is 1. The van der Waals surface area contributed by atoms with Crippen molar-refractivity contribution >= 4 is 28.6 Å². The van der Waals surface area contributed by atoms with Crippen molar-refractivity contribution in [3.05, 3.63) is 11.6 Å². The first-order chi connectivity index (χ1) is 8.78. The molecule has 18 heavy (non-hydrogen) atoms. The average molecular weight is 265 g/mol. The minimum absolute atomic E-state index is 0.143. The van der Waals surface area contributed by atoms with Crippen LogP contribution in [0.3, 0.4) is 0 Å². The van der Waals surface area contributed by atoms with Crippen molar-refractivity contribution in [3.63, 3.8) is 0 Å². The lowest BCUT2D eigenvalue weighted by Crippen LogP contribution is -2.42. The number of halogens is 1. The predicted octanol–water partition coefficient (Wildman–Crippen LogP) is 0.735. The van der Waals surface area contributed by atoms with Crippen LogP contribution in [0.5, 0.6) is 0 Å². The van der Waals surface area contributed by atoms with Crippen molar-refractivity contribution in [2.24, 2.45) is 0 Å². The highest BCUT2D eigenvalue weighted by Crippen LogP contribution is 2.24. The number of morpholine rings is 1. The fourth-order valence-electron chi connectivity index (χ4n) is 1.94. The molecule has 0 aromatic carbocycles. The van der Waals surface area contributed by atoms with Crippen LogP contribution in [0.1, 0.15) is 0 Å². The third-order valence-corrected chi connectivity index (χ3v) is 2.92. The first-order valence-electron chi connectivity index (χ1n) is 5.40. The maximum atomic E-state index is 8.90. The summed E-state index contributed by atoms with van der Waals surface area (Å²) in [6, 6.07) is 2.09. The van der Waals surface area contributed by atoms with Crippen LogP contribution in [0, 0.1) is 11.3 Å². The highest BCUT2D eigenvalue weighted by molar-refractivity contribution is 6.28. The van der Waals surface area contributed by atoms with Crippen LogP contribution >= 0.6 is 11.6 Å². The molecule has 1 aliphatic heterocycles. The topological polar surface area (TPSA) is 90.7 Å². The number of nitrogens with one attached hydrogen (secondary N) is 1. The zero-order valence-electron chi connectivity index (χ0n) is 9.30. The van der Waals surface area contributed by atoms with Gasteiger partial charge in [0.25, 0.3) is 0 Å². The van der Waals surface area contributed by atoms with Gasteiger partial charge in [0, 0.05) is 6.54 Å². The molecule has 0 saturated carbocycles. The average Bonchev–Trinajstić information content (AvgIpc) is 2.85. The van der Waals surface area contributed by atoms with Gasteiger partial charge in [-0.2, -0.15) is 15.2 Å². The lowest BCUT2D eigenvalue weighted by Gasteiger charge is -2.30. The Balaban J connectivity index is 2.03. The molecule has 1 fully saturated rings. The van der Waals surface area contributed by atoms with Gasteiger partial charge >= 0.3 is 0 Å². The summed E-state index contributed by atoms with van der Waals surface area (Å²) in [5.41, 5.74) is 1.24. The molecule has 0 amide bonds. The Kier molecular flexibility index (Phi) is 2.74. The SMILES string of the molecule is N#CC1CN(c2nc(Cl)nc3nc[nH]c23)CCO1. The van der Waals surface area contributed by atoms with Gasteiger partial charge < -0.3 is 14.6 Å². The maximum Gasteiger partial charge on any atom is 0.226 e. The van der Waals surface area contributed by atoms with E-state index in [1.807, 2.05) is 4.90 Å². The van der Waals surface area contributed by atoms with E-state index in [1.165, 1.54) is 0 Å². The molecular weight excluding hydrogens is 256 g/mol. The van der Waals surface area contributed by atoms with E-state index in [2.05, 4.69) is 26.0 Å². The van der Waals surface area contributed by atoms with E-state index in [-0.39, 0.29) is 5.28 Å². The molecule has 92 valence electrons. The van der Waals surface area contributed by atoms with Gasteiger partial charge in [0.15, 0.2) is 17.6 Å². The summed E-state index contributed by atoms with van der Waals surface area (Å²) >= 11 is 5.87. The monoisotopic (exact) mass is 264 g/mol. The smallest absolute Gasteiger partial charge is 0.226 e. The molecule has 3 heterocycles. The quantitative estimate of drug-likeness (QED) is 0.764. The van der Waals surface area contributed by atoms with Gasteiger partial charge in [0.2, 0.25) is 5.28 Å². The Labute approximate surface area is 107 Å².